The molecule has 0 aromatic heterocycles. The number of rotatable bonds is 11. The first-order valence-electron chi connectivity index (χ1n) is 12.8. The number of ketones is 3. The van der Waals surface area contributed by atoms with Gasteiger partial charge in [-0.15, -0.1) is 12.6 Å². The highest BCUT2D eigenvalue weighted by molar-refractivity contribution is 7.80. The van der Waals surface area contributed by atoms with Crippen molar-refractivity contribution >= 4 is 41.5 Å². The van der Waals surface area contributed by atoms with Crippen molar-refractivity contribution in [3.63, 3.8) is 0 Å². The molecule has 2 rings (SSSR count). The van der Waals surface area contributed by atoms with Crippen LogP contribution in [0.15, 0.2) is 46.3 Å². The number of hydrogen-bond donors (Lipinski definition) is 2. The molecule has 0 saturated carbocycles. The first-order chi connectivity index (χ1) is 16.9. The van der Waals surface area contributed by atoms with Crippen molar-refractivity contribution in [1.29, 1.82) is 0 Å². The largest absolute Gasteiger partial charge is 0.383 e. The van der Waals surface area contributed by atoms with E-state index in [2.05, 4.69) is 17.6 Å². The summed E-state index contributed by atoms with van der Waals surface area (Å²) in [6.45, 7) is 13.3. The lowest BCUT2D eigenvalue weighted by atomic mass is 9.92. The van der Waals surface area contributed by atoms with Crippen molar-refractivity contribution in [1.82, 2.24) is 0 Å². The molecule has 36 heavy (non-hydrogen) atoms. The van der Waals surface area contributed by atoms with E-state index in [-0.39, 0.29) is 29.2 Å². The third kappa shape index (κ3) is 9.73. The minimum atomic E-state index is 0.0315. The Kier molecular flexibility index (Phi) is 13.4. The number of benzene rings is 2. The number of aryl methyl sites for hydroxylation is 2. The number of amidine groups is 1. The van der Waals surface area contributed by atoms with E-state index in [1.807, 2.05) is 77.9 Å². The second-order valence-corrected chi connectivity index (χ2v) is 9.81. The van der Waals surface area contributed by atoms with Crippen molar-refractivity contribution < 1.29 is 14.4 Å². The minimum Gasteiger partial charge on any atom is -0.383 e. The van der Waals surface area contributed by atoms with Gasteiger partial charge in [0.05, 0.1) is 5.69 Å². The van der Waals surface area contributed by atoms with Gasteiger partial charge in [0.1, 0.15) is 17.4 Å². The molecule has 6 heteroatoms. The molecule has 0 saturated heterocycles. The van der Waals surface area contributed by atoms with Crippen LogP contribution in [0.4, 0.5) is 5.69 Å². The van der Waals surface area contributed by atoms with Crippen molar-refractivity contribution in [2.24, 2.45) is 22.6 Å². The Hall–Kier alpha value is -2.73. The number of carbonyl (C=O) groups is 3. The SMILES string of the molecule is CCC(=O)CCC(C)C(C)=O.CCc1cc(N=C(N)c2ccc(C)cc2S)ccc1C(=O)C(C)CC. The highest BCUT2D eigenvalue weighted by Crippen LogP contribution is 2.24. The van der Waals surface area contributed by atoms with Crippen molar-refractivity contribution in [3.8, 4) is 0 Å². The van der Waals surface area contributed by atoms with Crippen molar-refractivity contribution in [2.75, 3.05) is 0 Å². The first kappa shape index (κ1) is 31.3. The molecule has 0 aliphatic rings. The molecule has 0 fully saturated rings. The molecule has 0 aliphatic heterocycles. The maximum atomic E-state index is 12.5. The fourth-order valence-corrected chi connectivity index (χ4v) is 3.84. The molecule has 0 aliphatic carbocycles. The van der Waals surface area contributed by atoms with Gasteiger partial charge in [-0.25, -0.2) is 4.99 Å². The topological polar surface area (TPSA) is 89.6 Å². The number of aliphatic imine (C=N–C) groups is 1. The summed E-state index contributed by atoms with van der Waals surface area (Å²) >= 11 is 4.48. The zero-order valence-electron chi connectivity index (χ0n) is 22.9. The van der Waals surface area contributed by atoms with Crippen LogP contribution in [-0.4, -0.2) is 23.2 Å². The lowest BCUT2D eigenvalue weighted by molar-refractivity contribution is -0.121. The number of hydrogen-bond acceptors (Lipinski definition) is 5. The maximum Gasteiger partial charge on any atom is 0.165 e. The number of Topliss-reactive ketones (excluding diaryl/α,β-unsaturated/α-hetero) is 3. The smallest absolute Gasteiger partial charge is 0.165 e. The van der Waals surface area contributed by atoms with E-state index in [1.165, 1.54) is 0 Å². The summed E-state index contributed by atoms with van der Waals surface area (Å²) in [7, 11) is 0. The summed E-state index contributed by atoms with van der Waals surface area (Å²) in [5, 5.41) is 0. The zero-order chi connectivity index (χ0) is 27.4. The second-order valence-electron chi connectivity index (χ2n) is 9.33. The monoisotopic (exact) mass is 510 g/mol. The van der Waals surface area contributed by atoms with Crippen molar-refractivity contribution in [3.05, 3.63) is 58.7 Å². The van der Waals surface area contributed by atoms with E-state index in [9.17, 15) is 14.4 Å². The number of nitrogens with zero attached hydrogens (tertiary/aromatic N) is 1. The second kappa shape index (κ2) is 15.4. The molecule has 2 atom stereocenters. The van der Waals surface area contributed by atoms with Gasteiger partial charge in [-0.05, 0) is 74.6 Å². The van der Waals surface area contributed by atoms with Gasteiger partial charge in [0.25, 0.3) is 0 Å². The van der Waals surface area contributed by atoms with E-state index in [1.54, 1.807) is 6.92 Å². The van der Waals surface area contributed by atoms with Gasteiger partial charge in [0.2, 0.25) is 0 Å². The van der Waals surface area contributed by atoms with Crippen LogP contribution >= 0.6 is 12.6 Å². The highest BCUT2D eigenvalue weighted by Gasteiger charge is 2.17. The fraction of sp³-hybridized carbons (Fsp3) is 0.467. The molecule has 0 spiro atoms. The average molecular weight is 511 g/mol. The van der Waals surface area contributed by atoms with Crippen LogP contribution in [0.1, 0.15) is 94.3 Å². The Morgan fingerprint density at radius 1 is 0.972 bits per heavy atom. The highest BCUT2D eigenvalue weighted by atomic mass is 32.1. The lowest BCUT2D eigenvalue weighted by Crippen LogP contribution is -2.14. The number of carbonyl (C=O) groups excluding carboxylic acids is 3. The molecule has 2 unspecified atom stereocenters. The van der Waals surface area contributed by atoms with Crippen LogP contribution in [0.25, 0.3) is 0 Å². The van der Waals surface area contributed by atoms with E-state index in [4.69, 9.17) is 5.73 Å². The van der Waals surface area contributed by atoms with Crippen LogP contribution in [0.5, 0.6) is 0 Å². The molecule has 0 radical (unpaired) electrons. The predicted octanol–water partition coefficient (Wildman–Crippen LogP) is 7.08. The summed E-state index contributed by atoms with van der Waals surface area (Å²) in [4.78, 5) is 39.4. The molecule has 5 nitrogen and oxygen atoms in total. The third-order valence-electron chi connectivity index (χ3n) is 6.42. The summed E-state index contributed by atoms with van der Waals surface area (Å²) in [5.74, 6) is 1.12. The lowest BCUT2D eigenvalue weighted by Gasteiger charge is -2.12. The molecular formula is C30H42N2O3S. The van der Waals surface area contributed by atoms with Gasteiger partial charge in [-0.3, -0.25) is 14.4 Å². The normalized spacial score (nSPS) is 12.8. The van der Waals surface area contributed by atoms with Gasteiger partial charge < -0.3 is 5.73 Å². The standard InChI is InChI=1S/C21H26N2OS.C9H16O2/c1-5-14(4)20(24)17-10-8-16(12-15(17)6-2)23-21(22)18-9-7-13(3)11-19(18)25;1-4-9(11)6-5-7(2)8(3)10/h7-12,14,25H,5-6H2,1-4H3,(H2,22,23);7H,4-6H2,1-3H3. The quantitative estimate of drug-likeness (QED) is 0.146. The van der Waals surface area contributed by atoms with Gasteiger partial charge in [0.15, 0.2) is 5.78 Å². The molecule has 0 amide bonds. The summed E-state index contributed by atoms with van der Waals surface area (Å²) in [6.07, 6.45) is 3.47. The third-order valence-corrected chi connectivity index (χ3v) is 6.79. The van der Waals surface area contributed by atoms with Gasteiger partial charge in [-0.2, -0.15) is 0 Å². The molecular weight excluding hydrogens is 468 g/mol. The molecule has 0 bridgehead atoms. The maximum absolute atomic E-state index is 12.5. The molecule has 196 valence electrons. The fourth-order valence-electron chi connectivity index (χ4n) is 3.45. The Bertz CT molecular complexity index is 1090. The van der Waals surface area contributed by atoms with Gasteiger partial charge in [0, 0.05) is 40.7 Å². The average Bonchev–Trinajstić information content (AvgIpc) is 2.86. The van der Waals surface area contributed by atoms with E-state index in [0.29, 0.717) is 25.1 Å². The van der Waals surface area contributed by atoms with Crippen LogP contribution in [0.3, 0.4) is 0 Å². The van der Waals surface area contributed by atoms with Crippen LogP contribution in [-0.2, 0) is 16.0 Å². The Morgan fingerprint density at radius 2 is 1.61 bits per heavy atom. The number of thiol groups is 1. The van der Waals surface area contributed by atoms with E-state index in [0.717, 1.165) is 45.7 Å². The van der Waals surface area contributed by atoms with Crippen LogP contribution in [0, 0.1) is 18.8 Å². The Labute approximate surface area is 222 Å². The summed E-state index contributed by atoms with van der Waals surface area (Å²) in [5.41, 5.74) is 10.7. The van der Waals surface area contributed by atoms with Gasteiger partial charge in [-0.1, -0.05) is 40.7 Å². The molecule has 2 aromatic rings. The Morgan fingerprint density at radius 3 is 2.14 bits per heavy atom. The minimum absolute atomic E-state index is 0.0315. The zero-order valence-corrected chi connectivity index (χ0v) is 23.7. The van der Waals surface area contributed by atoms with Gasteiger partial charge >= 0.3 is 0 Å². The predicted molar refractivity (Wildman–Crippen MR) is 153 cm³/mol. The first-order valence-corrected chi connectivity index (χ1v) is 13.2. The van der Waals surface area contributed by atoms with E-state index >= 15 is 0 Å². The molecule has 2 N–H and O–H groups in total. The summed E-state index contributed by atoms with van der Waals surface area (Å²) < 4.78 is 0. The number of nitrogens with two attached hydrogens (primary N) is 1. The molecule has 2 aromatic carbocycles. The summed E-state index contributed by atoms with van der Waals surface area (Å²) in [6, 6.07) is 11.6. The Balaban J connectivity index is 0.000000497. The molecule has 0 heterocycles. The van der Waals surface area contributed by atoms with Crippen LogP contribution < -0.4 is 5.73 Å². The van der Waals surface area contributed by atoms with E-state index < -0.39 is 0 Å². The van der Waals surface area contributed by atoms with Crippen molar-refractivity contribution in [2.45, 2.75) is 85.5 Å². The van der Waals surface area contributed by atoms with Crippen LogP contribution in [0.2, 0.25) is 0 Å².